The van der Waals surface area contributed by atoms with Crippen LogP contribution in [0.25, 0.3) is 0 Å². The lowest BCUT2D eigenvalue weighted by Gasteiger charge is -2.18. The smallest absolute Gasteiger partial charge is 0.306 e. The van der Waals surface area contributed by atoms with Gasteiger partial charge < -0.3 is 14.2 Å². The maximum atomic E-state index is 12.7. The van der Waals surface area contributed by atoms with E-state index >= 15 is 0 Å². The molecule has 63 heavy (non-hydrogen) atoms. The molecule has 0 aromatic rings. The van der Waals surface area contributed by atoms with Crippen LogP contribution in [0.2, 0.25) is 0 Å². The van der Waals surface area contributed by atoms with E-state index in [9.17, 15) is 14.4 Å². The number of allylic oxidation sites excluding steroid dienone is 12. The van der Waals surface area contributed by atoms with Crippen LogP contribution in [0.4, 0.5) is 0 Å². The maximum absolute atomic E-state index is 12.7. The van der Waals surface area contributed by atoms with Crippen LogP contribution in [0.15, 0.2) is 72.9 Å². The first-order valence-electron chi connectivity index (χ1n) is 26.4. The third kappa shape index (κ3) is 49.7. The summed E-state index contributed by atoms with van der Waals surface area (Å²) in [5, 5.41) is 0. The molecule has 0 rings (SSSR count). The quantitative estimate of drug-likeness (QED) is 0.0262. The van der Waals surface area contributed by atoms with E-state index in [0.717, 1.165) is 96.3 Å². The van der Waals surface area contributed by atoms with Crippen molar-refractivity contribution in [2.24, 2.45) is 0 Å². The number of ether oxygens (including phenoxy) is 3. The molecule has 0 aromatic carbocycles. The first-order chi connectivity index (χ1) is 31.0. The van der Waals surface area contributed by atoms with Gasteiger partial charge in [-0.25, -0.2) is 0 Å². The number of rotatable bonds is 47. The second-order valence-corrected chi connectivity index (χ2v) is 17.4. The van der Waals surface area contributed by atoms with Gasteiger partial charge in [0.2, 0.25) is 0 Å². The van der Waals surface area contributed by atoms with Gasteiger partial charge in [0.05, 0.1) is 0 Å². The molecule has 0 aliphatic heterocycles. The Hall–Kier alpha value is -3.15. The molecule has 0 N–H and O–H groups in total. The second kappa shape index (κ2) is 51.5. The maximum Gasteiger partial charge on any atom is 0.306 e. The minimum atomic E-state index is -0.788. The van der Waals surface area contributed by atoms with E-state index in [1.54, 1.807) is 0 Å². The Labute approximate surface area is 389 Å². The highest BCUT2D eigenvalue weighted by molar-refractivity contribution is 5.71. The predicted octanol–water partition coefficient (Wildman–Crippen LogP) is 17.4. The van der Waals surface area contributed by atoms with Gasteiger partial charge in [-0.3, -0.25) is 14.4 Å². The first kappa shape index (κ1) is 59.9. The molecule has 0 aliphatic rings. The van der Waals surface area contributed by atoms with Gasteiger partial charge in [0.15, 0.2) is 6.10 Å². The van der Waals surface area contributed by atoms with Crippen LogP contribution < -0.4 is 0 Å². The largest absolute Gasteiger partial charge is 0.462 e. The van der Waals surface area contributed by atoms with Gasteiger partial charge in [-0.05, 0) is 89.9 Å². The van der Waals surface area contributed by atoms with Crippen molar-refractivity contribution in [1.82, 2.24) is 0 Å². The summed E-state index contributed by atoms with van der Waals surface area (Å²) < 4.78 is 16.7. The van der Waals surface area contributed by atoms with Crippen LogP contribution in [0.1, 0.15) is 252 Å². The molecule has 0 amide bonds. The molecule has 0 heterocycles. The molecule has 6 heteroatoms. The van der Waals surface area contributed by atoms with Crippen molar-refractivity contribution in [2.75, 3.05) is 13.2 Å². The van der Waals surface area contributed by atoms with Crippen LogP contribution >= 0.6 is 0 Å². The summed E-state index contributed by atoms with van der Waals surface area (Å²) in [7, 11) is 0. The van der Waals surface area contributed by atoms with Crippen LogP contribution in [0, 0.1) is 0 Å². The number of unbranched alkanes of at least 4 members (excludes halogenated alkanes) is 24. The van der Waals surface area contributed by atoms with Gasteiger partial charge >= 0.3 is 17.9 Å². The Morgan fingerprint density at radius 1 is 0.333 bits per heavy atom. The number of hydrogen-bond acceptors (Lipinski definition) is 6. The Morgan fingerprint density at radius 2 is 0.619 bits per heavy atom. The van der Waals surface area contributed by atoms with Crippen LogP contribution in [-0.2, 0) is 28.6 Å². The van der Waals surface area contributed by atoms with Crippen molar-refractivity contribution < 1.29 is 28.6 Å². The van der Waals surface area contributed by atoms with E-state index in [1.165, 1.54) is 116 Å². The Balaban J connectivity index is 4.19. The number of carbonyl (C=O) groups is 3. The summed E-state index contributed by atoms with van der Waals surface area (Å²) >= 11 is 0. The Kier molecular flexibility index (Phi) is 48.9. The first-order valence-corrected chi connectivity index (χ1v) is 26.4. The summed E-state index contributed by atoms with van der Waals surface area (Å²) in [6, 6.07) is 0. The zero-order valence-corrected chi connectivity index (χ0v) is 41.3. The van der Waals surface area contributed by atoms with Gasteiger partial charge in [-0.1, -0.05) is 216 Å². The number of carbonyl (C=O) groups excluding carboxylic acids is 3. The van der Waals surface area contributed by atoms with Crippen molar-refractivity contribution in [3.05, 3.63) is 72.9 Å². The average molecular weight is 879 g/mol. The van der Waals surface area contributed by atoms with E-state index in [-0.39, 0.29) is 31.1 Å². The molecule has 362 valence electrons. The highest BCUT2D eigenvalue weighted by Crippen LogP contribution is 2.14. The normalized spacial score (nSPS) is 12.6. The molecular weight excluding hydrogens is 781 g/mol. The van der Waals surface area contributed by atoms with Gasteiger partial charge in [-0.15, -0.1) is 0 Å². The fraction of sp³-hybridized carbons (Fsp3) is 0.737. The molecular formula is C57H98O6. The molecule has 0 saturated heterocycles. The predicted molar refractivity (Wildman–Crippen MR) is 270 cm³/mol. The summed E-state index contributed by atoms with van der Waals surface area (Å²) in [6.07, 6.45) is 64.9. The molecule has 0 aromatic heterocycles. The third-order valence-corrected chi connectivity index (χ3v) is 11.2. The lowest BCUT2D eigenvalue weighted by molar-refractivity contribution is -0.167. The zero-order chi connectivity index (χ0) is 45.8. The van der Waals surface area contributed by atoms with Crippen molar-refractivity contribution in [2.45, 2.75) is 258 Å². The van der Waals surface area contributed by atoms with Crippen molar-refractivity contribution >= 4 is 17.9 Å². The van der Waals surface area contributed by atoms with Gasteiger partial charge in [0, 0.05) is 19.3 Å². The summed E-state index contributed by atoms with van der Waals surface area (Å²) in [5.41, 5.74) is 0. The fourth-order valence-corrected chi connectivity index (χ4v) is 7.23. The highest BCUT2D eigenvalue weighted by atomic mass is 16.6. The van der Waals surface area contributed by atoms with E-state index < -0.39 is 6.10 Å². The Bertz CT molecular complexity index is 1190. The van der Waals surface area contributed by atoms with Crippen molar-refractivity contribution in [1.29, 1.82) is 0 Å². The molecule has 0 aliphatic carbocycles. The molecule has 0 spiro atoms. The monoisotopic (exact) mass is 879 g/mol. The van der Waals surface area contributed by atoms with E-state index in [1.807, 2.05) is 0 Å². The van der Waals surface area contributed by atoms with Crippen molar-refractivity contribution in [3.63, 3.8) is 0 Å². The second-order valence-electron chi connectivity index (χ2n) is 17.4. The summed E-state index contributed by atoms with van der Waals surface area (Å²) in [4.78, 5) is 37.8. The van der Waals surface area contributed by atoms with Gasteiger partial charge in [0.1, 0.15) is 13.2 Å². The number of esters is 3. The zero-order valence-electron chi connectivity index (χ0n) is 41.3. The molecule has 1 unspecified atom stereocenters. The van der Waals surface area contributed by atoms with Crippen LogP contribution in [-0.4, -0.2) is 37.2 Å². The average Bonchev–Trinajstić information content (AvgIpc) is 3.28. The lowest BCUT2D eigenvalue weighted by Crippen LogP contribution is -2.30. The molecule has 0 radical (unpaired) electrons. The topological polar surface area (TPSA) is 78.9 Å². The van der Waals surface area contributed by atoms with Gasteiger partial charge in [0.25, 0.3) is 0 Å². The van der Waals surface area contributed by atoms with E-state index in [0.29, 0.717) is 19.3 Å². The molecule has 1 atom stereocenters. The standard InChI is InChI=1S/C57H98O6/c1-4-7-10-13-16-18-20-22-23-24-25-26-27-28-29-30-31-32-33-35-36-38-41-44-47-50-56(59)62-53-54(52-61-55(58)49-46-43-40-15-12-9-6-3)63-57(60)51-48-45-42-39-37-34-21-19-17-14-11-8-5-2/h8,11,17,19-20,22,24-25,27-28,34,37,54H,4-7,9-10,12-16,18,21,23,26,29-33,35-36,38-53H2,1-3H3/b11-8-,19-17-,22-20-,25-24-,28-27-,37-34-. The molecule has 0 fully saturated rings. The lowest BCUT2D eigenvalue weighted by atomic mass is 10.1. The van der Waals surface area contributed by atoms with Crippen molar-refractivity contribution in [3.8, 4) is 0 Å². The SMILES string of the molecule is CC/C=C\C/C=C\C/C=C\CCCCCC(=O)OC(COC(=O)CCCCCCCCC)COC(=O)CCCCCCCCCCCC/C=C\C/C=C\C/C=C\CCCCCCC. The molecule has 0 bridgehead atoms. The minimum absolute atomic E-state index is 0.0881. The van der Waals surface area contributed by atoms with Crippen LogP contribution in [0.3, 0.4) is 0 Å². The summed E-state index contributed by atoms with van der Waals surface area (Å²) in [5.74, 6) is -0.928. The highest BCUT2D eigenvalue weighted by Gasteiger charge is 2.19. The molecule has 6 nitrogen and oxygen atoms in total. The molecule has 0 saturated carbocycles. The minimum Gasteiger partial charge on any atom is -0.462 e. The Morgan fingerprint density at radius 3 is 0.984 bits per heavy atom. The third-order valence-electron chi connectivity index (χ3n) is 11.2. The summed E-state index contributed by atoms with van der Waals surface area (Å²) in [6.45, 7) is 6.44. The van der Waals surface area contributed by atoms with Crippen LogP contribution in [0.5, 0.6) is 0 Å². The fourth-order valence-electron chi connectivity index (χ4n) is 7.23. The number of hydrogen-bond donors (Lipinski definition) is 0. The van der Waals surface area contributed by atoms with E-state index in [2.05, 4.69) is 93.7 Å². The van der Waals surface area contributed by atoms with Gasteiger partial charge in [-0.2, -0.15) is 0 Å². The van der Waals surface area contributed by atoms with E-state index in [4.69, 9.17) is 14.2 Å².